The van der Waals surface area contributed by atoms with Crippen molar-refractivity contribution >= 4 is 5.78 Å². The molecular formula is C10H20O7. The predicted octanol–water partition coefficient (Wildman–Crippen LogP) is -2.85. The standard InChI is InChI=1S/C10H20O7/c11-4-2-1-3-6(13)8(15)10(17)9(16)7(14)5-12/h7-12,14-17H,1-5H2. The van der Waals surface area contributed by atoms with Gasteiger partial charge in [0.2, 0.25) is 0 Å². The summed E-state index contributed by atoms with van der Waals surface area (Å²) < 4.78 is 0. The molecule has 7 nitrogen and oxygen atoms in total. The molecule has 0 aliphatic carbocycles. The van der Waals surface area contributed by atoms with Crippen molar-refractivity contribution in [2.45, 2.75) is 43.7 Å². The maximum Gasteiger partial charge on any atom is 0.164 e. The normalized spacial score (nSPS) is 18.5. The third-order valence-corrected chi connectivity index (χ3v) is 2.42. The zero-order valence-corrected chi connectivity index (χ0v) is 9.44. The van der Waals surface area contributed by atoms with Gasteiger partial charge in [0.15, 0.2) is 5.78 Å². The summed E-state index contributed by atoms with van der Waals surface area (Å²) in [6.07, 6.45) is -6.36. The number of rotatable bonds is 9. The predicted molar refractivity (Wildman–Crippen MR) is 57.1 cm³/mol. The Labute approximate surface area is 99.0 Å². The first-order valence-electron chi connectivity index (χ1n) is 5.42. The van der Waals surface area contributed by atoms with Gasteiger partial charge >= 0.3 is 0 Å². The number of aliphatic hydroxyl groups is 6. The molecule has 6 N–H and O–H groups in total. The summed E-state index contributed by atoms with van der Waals surface area (Å²) in [5.41, 5.74) is 0. The highest BCUT2D eigenvalue weighted by molar-refractivity contribution is 5.83. The summed E-state index contributed by atoms with van der Waals surface area (Å²) in [7, 11) is 0. The number of aliphatic hydroxyl groups excluding tert-OH is 6. The second-order valence-corrected chi connectivity index (χ2v) is 3.82. The van der Waals surface area contributed by atoms with Gasteiger partial charge in [-0.3, -0.25) is 4.79 Å². The molecule has 7 heteroatoms. The van der Waals surface area contributed by atoms with E-state index < -0.39 is 36.8 Å². The van der Waals surface area contributed by atoms with Gasteiger partial charge in [-0.15, -0.1) is 0 Å². The third kappa shape index (κ3) is 5.53. The van der Waals surface area contributed by atoms with Crippen LogP contribution >= 0.6 is 0 Å². The van der Waals surface area contributed by atoms with Crippen LogP contribution in [0.15, 0.2) is 0 Å². The van der Waals surface area contributed by atoms with Crippen LogP contribution in [-0.4, -0.2) is 74.1 Å². The minimum atomic E-state index is -1.85. The smallest absolute Gasteiger partial charge is 0.164 e. The fourth-order valence-electron chi connectivity index (χ4n) is 1.27. The van der Waals surface area contributed by atoms with E-state index in [0.29, 0.717) is 12.8 Å². The highest BCUT2D eigenvalue weighted by atomic mass is 16.4. The lowest BCUT2D eigenvalue weighted by molar-refractivity contribution is -0.147. The average Bonchev–Trinajstić information content (AvgIpc) is 2.35. The Morgan fingerprint density at radius 1 is 0.941 bits per heavy atom. The first-order chi connectivity index (χ1) is 7.95. The molecule has 0 bridgehead atoms. The minimum Gasteiger partial charge on any atom is -0.396 e. The van der Waals surface area contributed by atoms with E-state index >= 15 is 0 Å². The van der Waals surface area contributed by atoms with Crippen LogP contribution in [-0.2, 0) is 4.79 Å². The molecule has 0 saturated heterocycles. The van der Waals surface area contributed by atoms with Gasteiger partial charge in [0.25, 0.3) is 0 Å². The van der Waals surface area contributed by atoms with Crippen LogP contribution in [0.25, 0.3) is 0 Å². The van der Waals surface area contributed by atoms with Crippen molar-refractivity contribution in [2.75, 3.05) is 13.2 Å². The zero-order valence-electron chi connectivity index (χ0n) is 9.44. The molecule has 0 heterocycles. The Balaban J connectivity index is 4.18. The van der Waals surface area contributed by atoms with Crippen molar-refractivity contribution in [3.8, 4) is 0 Å². The van der Waals surface area contributed by atoms with E-state index in [0.717, 1.165) is 0 Å². The maximum absolute atomic E-state index is 11.3. The summed E-state index contributed by atoms with van der Waals surface area (Å²) >= 11 is 0. The van der Waals surface area contributed by atoms with Crippen LogP contribution < -0.4 is 0 Å². The average molecular weight is 252 g/mol. The Morgan fingerprint density at radius 2 is 1.53 bits per heavy atom. The molecule has 0 spiro atoms. The molecule has 4 atom stereocenters. The van der Waals surface area contributed by atoms with Crippen LogP contribution in [0.4, 0.5) is 0 Å². The lowest BCUT2D eigenvalue weighted by atomic mass is 9.98. The highest BCUT2D eigenvalue weighted by Crippen LogP contribution is 2.09. The molecule has 0 saturated carbocycles. The first kappa shape index (κ1) is 16.4. The van der Waals surface area contributed by atoms with Crippen LogP contribution in [0.2, 0.25) is 0 Å². The summed E-state index contributed by atoms with van der Waals surface area (Å²) in [4.78, 5) is 11.3. The Bertz CT molecular complexity index is 221. The molecule has 0 amide bonds. The van der Waals surface area contributed by atoms with E-state index in [-0.39, 0.29) is 13.0 Å². The summed E-state index contributed by atoms with van der Waals surface area (Å²) in [5.74, 6) is -0.685. The van der Waals surface area contributed by atoms with E-state index in [4.69, 9.17) is 15.3 Å². The van der Waals surface area contributed by atoms with E-state index in [9.17, 15) is 20.1 Å². The zero-order chi connectivity index (χ0) is 13.4. The molecule has 17 heavy (non-hydrogen) atoms. The Morgan fingerprint density at radius 3 is 2.00 bits per heavy atom. The van der Waals surface area contributed by atoms with E-state index in [1.165, 1.54) is 0 Å². The van der Waals surface area contributed by atoms with Gasteiger partial charge in [-0.25, -0.2) is 0 Å². The van der Waals surface area contributed by atoms with Gasteiger partial charge < -0.3 is 30.6 Å². The van der Waals surface area contributed by atoms with Crippen LogP contribution in [0.1, 0.15) is 19.3 Å². The van der Waals surface area contributed by atoms with Gasteiger partial charge in [0, 0.05) is 13.0 Å². The SMILES string of the molecule is O=C(CCCCO)C(O)C(O)C(O)C(O)CO. The molecular weight excluding hydrogens is 232 g/mol. The molecule has 0 aromatic carbocycles. The number of ketones is 1. The van der Waals surface area contributed by atoms with Crippen molar-refractivity contribution in [1.82, 2.24) is 0 Å². The highest BCUT2D eigenvalue weighted by Gasteiger charge is 2.33. The van der Waals surface area contributed by atoms with Gasteiger partial charge in [0.1, 0.15) is 24.4 Å². The van der Waals surface area contributed by atoms with E-state index in [1.54, 1.807) is 0 Å². The molecule has 0 aromatic rings. The monoisotopic (exact) mass is 252 g/mol. The molecule has 0 aliphatic heterocycles. The second-order valence-electron chi connectivity index (χ2n) is 3.82. The van der Waals surface area contributed by atoms with Crippen molar-refractivity contribution < 1.29 is 35.4 Å². The second kappa shape index (κ2) is 8.51. The van der Waals surface area contributed by atoms with Crippen molar-refractivity contribution in [3.63, 3.8) is 0 Å². The number of hydrogen-bond acceptors (Lipinski definition) is 7. The molecule has 0 rings (SSSR count). The number of carbonyl (C=O) groups is 1. The molecule has 0 aliphatic rings. The summed E-state index contributed by atoms with van der Waals surface area (Å²) in [6.45, 7) is -0.860. The number of Topliss-reactive ketones (excluding diaryl/α,β-unsaturated/α-hetero) is 1. The molecule has 0 aromatic heterocycles. The van der Waals surface area contributed by atoms with Gasteiger partial charge in [0.05, 0.1) is 6.61 Å². The Kier molecular flexibility index (Phi) is 8.23. The maximum atomic E-state index is 11.3. The van der Waals surface area contributed by atoms with Crippen molar-refractivity contribution in [1.29, 1.82) is 0 Å². The van der Waals surface area contributed by atoms with Crippen molar-refractivity contribution in [3.05, 3.63) is 0 Å². The van der Waals surface area contributed by atoms with Gasteiger partial charge in [-0.1, -0.05) is 0 Å². The fraction of sp³-hybridized carbons (Fsp3) is 0.900. The number of carbonyl (C=O) groups excluding carboxylic acids is 1. The third-order valence-electron chi connectivity index (χ3n) is 2.42. The minimum absolute atomic E-state index is 0.0409. The molecule has 4 unspecified atom stereocenters. The van der Waals surface area contributed by atoms with Crippen LogP contribution in [0.3, 0.4) is 0 Å². The van der Waals surface area contributed by atoms with Gasteiger partial charge in [-0.05, 0) is 12.8 Å². The molecule has 102 valence electrons. The quantitative estimate of drug-likeness (QED) is 0.243. The van der Waals surface area contributed by atoms with E-state index in [2.05, 4.69) is 0 Å². The fourth-order valence-corrected chi connectivity index (χ4v) is 1.27. The summed E-state index contributed by atoms with van der Waals surface area (Å²) in [5, 5.41) is 54.1. The first-order valence-corrected chi connectivity index (χ1v) is 5.42. The van der Waals surface area contributed by atoms with E-state index in [1.807, 2.05) is 0 Å². The lowest BCUT2D eigenvalue weighted by Gasteiger charge is -2.24. The summed E-state index contributed by atoms with van der Waals surface area (Å²) in [6, 6.07) is 0. The van der Waals surface area contributed by atoms with Crippen LogP contribution in [0.5, 0.6) is 0 Å². The molecule has 0 radical (unpaired) electrons. The Hall–Kier alpha value is -0.570. The number of unbranched alkanes of at least 4 members (excludes halogenated alkanes) is 1. The van der Waals surface area contributed by atoms with Gasteiger partial charge in [-0.2, -0.15) is 0 Å². The molecule has 0 fully saturated rings. The van der Waals surface area contributed by atoms with Crippen molar-refractivity contribution in [2.24, 2.45) is 0 Å². The van der Waals surface area contributed by atoms with Crippen LogP contribution in [0, 0.1) is 0 Å². The lowest BCUT2D eigenvalue weighted by Crippen LogP contribution is -2.48. The topological polar surface area (TPSA) is 138 Å². The number of hydrogen-bond donors (Lipinski definition) is 6. The largest absolute Gasteiger partial charge is 0.396 e.